The Morgan fingerprint density at radius 2 is 1.81 bits per heavy atom. The summed E-state index contributed by atoms with van der Waals surface area (Å²) < 4.78 is 0. The molecule has 1 saturated heterocycles. The second kappa shape index (κ2) is 9.21. The first kappa shape index (κ1) is 19.0. The number of carbonyl (C=O) groups excluding carboxylic acids is 2. The molecule has 1 heterocycles. The molecular formula is C22H27N3O2. The molecule has 0 radical (unpaired) electrons. The lowest BCUT2D eigenvalue weighted by molar-refractivity contribution is -0.128. The Labute approximate surface area is 160 Å². The third-order valence-corrected chi connectivity index (χ3v) is 4.80. The molecule has 2 N–H and O–H groups in total. The second-order valence-corrected chi connectivity index (χ2v) is 7.06. The van der Waals surface area contributed by atoms with Crippen molar-refractivity contribution < 1.29 is 9.59 Å². The van der Waals surface area contributed by atoms with E-state index in [1.165, 1.54) is 18.4 Å². The van der Waals surface area contributed by atoms with E-state index in [2.05, 4.69) is 17.6 Å². The van der Waals surface area contributed by atoms with Gasteiger partial charge in [-0.15, -0.1) is 0 Å². The molecule has 0 spiro atoms. The minimum absolute atomic E-state index is 0.0735. The van der Waals surface area contributed by atoms with E-state index < -0.39 is 0 Å². The van der Waals surface area contributed by atoms with Gasteiger partial charge in [-0.1, -0.05) is 55.8 Å². The van der Waals surface area contributed by atoms with E-state index in [1.54, 1.807) is 4.90 Å². The van der Waals surface area contributed by atoms with Gasteiger partial charge in [0.05, 0.1) is 6.04 Å². The Kier molecular flexibility index (Phi) is 6.47. The maximum Gasteiger partial charge on any atom is 0.319 e. The number of rotatable bonds is 7. The van der Waals surface area contributed by atoms with Crippen LogP contribution in [0.2, 0.25) is 0 Å². The highest BCUT2D eigenvalue weighted by Crippen LogP contribution is 2.16. The van der Waals surface area contributed by atoms with Gasteiger partial charge in [-0.25, -0.2) is 4.79 Å². The minimum atomic E-state index is -0.268. The van der Waals surface area contributed by atoms with Crippen LogP contribution in [0.4, 0.5) is 10.5 Å². The van der Waals surface area contributed by atoms with Gasteiger partial charge in [0.15, 0.2) is 0 Å². The van der Waals surface area contributed by atoms with Gasteiger partial charge in [0.25, 0.3) is 0 Å². The van der Waals surface area contributed by atoms with Crippen molar-refractivity contribution in [1.29, 1.82) is 0 Å². The highest BCUT2D eigenvalue weighted by molar-refractivity contribution is 5.90. The zero-order valence-corrected chi connectivity index (χ0v) is 15.8. The number of benzene rings is 2. The highest BCUT2D eigenvalue weighted by Gasteiger charge is 2.30. The Bertz CT molecular complexity index is 759. The number of urea groups is 1. The molecule has 0 bridgehead atoms. The molecule has 0 saturated carbocycles. The largest absolute Gasteiger partial charge is 0.336 e. The first-order chi connectivity index (χ1) is 13.1. The monoisotopic (exact) mass is 365 g/mol. The lowest BCUT2D eigenvalue weighted by atomic mass is 10.1. The van der Waals surface area contributed by atoms with Gasteiger partial charge in [-0.3, -0.25) is 4.79 Å². The van der Waals surface area contributed by atoms with E-state index in [0.717, 1.165) is 17.7 Å². The molecule has 0 aliphatic carbocycles. The Hall–Kier alpha value is -2.82. The quantitative estimate of drug-likeness (QED) is 0.780. The number of hydrogen-bond acceptors (Lipinski definition) is 2. The van der Waals surface area contributed by atoms with Crippen molar-refractivity contribution in [2.45, 2.75) is 45.2 Å². The van der Waals surface area contributed by atoms with Gasteiger partial charge in [-0.05, 0) is 36.1 Å². The third kappa shape index (κ3) is 5.58. The predicted molar refractivity (Wildman–Crippen MR) is 107 cm³/mol. The van der Waals surface area contributed by atoms with Crippen molar-refractivity contribution >= 4 is 17.6 Å². The summed E-state index contributed by atoms with van der Waals surface area (Å²) in [6, 6.07) is 17.4. The van der Waals surface area contributed by atoms with Crippen LogP contribution in [0, 0.1) is 0 Å². The van der Waals surface area contributed by atoms with Crippen LogP contribution in [-0.4, -0.2) is 29.4 Å². The zero-order chi connectivity index (χ0) is 19.1. The summed E-state index contributed by atoms with van der Waals surface area (Å²) >= 11 is 0. The molecule has 1 atom stereocenters. The Morgan fingerprint density at radius 1 is 1.07 bits per heavy atom. The van der Waals surface area contributed by atoms with Crippen LogP contribution in [0.1, 0.15) is 37.3 Å². The lowest BCUT2D eigenvalue weighted by Crippen LogP contribution is -2.39. The smallest absolute Gasteiger partial charge is 0.319 e. The molecule has 1 aliphatic rings. The molecule has 1 aliphatic heterocycles. The highest BCUT2D eigenvalue weighted by atomic mass is 16.2. The molecule has 2 aromatic carbocycles. The second-order valence-electron chi connectivity index (χ2n) is 7.06. The average Bonchev–Trinajstić information content (AvgIpc) is 3.00. The van der Waals surface area contributed by atoms with Crippen LogP contribution >= 0.6 is 0 Å². The number of anilines is 1. The van der Waals surface area contributed by atoms with Crippen molar-refractivity contribution in [2.75, 3.05) is 11.9 Å². The molecule has 27 heavy (non-hydrogen) atoms. The van der Waals surface area contributed by atoms with Gasteiger partial charge in [0, 0.05) is 25.2 Å². The Balaban J connectivity index is 1.47. The van der Waals surface area contributed by atoms with E-state index in [9.17, 15) is 9.59 Å². The maximum absolute atomic E-state index is 12.2. The van der Waals surface area contributed by atoms with Crippen molar-refractivity contribution in [3.63, 3.8) is 0 Å². The van der Waals surface area contributed by atoms with Crippen LogP contribution in [0.15, 0.2) is 54.6 Å². The number of nitrogens with one attached hydrogen (secondary N) is 2. The van der Waals surface area contributed by atoms with Crippen LogP contribution in [0.25, 0.3) is 0 Å². The fraction of sp³-hybridized carbons (Fsp3) is 0.364. The van der Waals surface area contributed by atoms with Crippen molar-refractivity contribution in [3.05, 3.63) is 65.7 Å². The van der Waals surface area contributed by atoms with Crippen molar-refractivity contribution in [2.24, 2.45) is 0 Å². The van der Waals surface area contributed by atoms with E-state index in [4.69, 9.17) is 0 Å². The summed E-state index contributed by atoms with van der Waals surface area (Å²) in [7, 11) is 0. The zero-order valence-electron chi connectivity index (χ0n) is 15.8. The van der Waals surface area contributed by atoms with E-state index in [-0.39, 0.29) is 18.0 Å². The van der Waals surface area contributed by atoms with Crippen LogP contribution in [0.5, 0.6) is 0 Å². The summed E-state index contributed by atoms with van der Waals surface area (Å²) in [5.41, 5.74) is 3.14. The first-order valence-corrected chi connectivity index (χ1v) is 9.62. The topological polar surface area (TPSA) is 61.4 Å². The van der Waals surface area contributed by atoms with Gasteiger partial charge in [0.1, 0.15) is 0 Å². The molecule has 1 fully saturated rings. The number of carbonyl (C=O) groups is 2. The molecule has 5 heteroatoms. The van der Waals surface area contributed by atoms with Crippen LogP contribution in [0.3, 0.4) is 0 Å². The number of aryl methyl sites for hydroxylation is 1. The van der Waals surface area contributed by atoms with Crippen molar-refractivity contribution in [3.8, 4) is 0 Å². The minimum Gasteiger partial charge on any atom is -0.336 e. The summed E-state index contributed by atoms with van der Waals surface area (Å²) in [6.45, 7) is 3.30. The summed E-state index contributed by atoms with van der Waals surface area (Å²) in [6.07, 6.45) is 3.74. The predicted octanol–water partition coefficient (Wildman–Crippen LogP) is 3.95. The average molecular weight is 365 g/mol. The van der Waals surface area contributed by atoms with Gasteiger partial charge in [0.2, 0.25) is 5.91 Å². The van der Waals surface area contributed by atoms with E-state index in [1.807, 2.05) is 54.6 Å². The SMILES string of the molecule is CCCCc1ccc(NC(=O)NC2CC(=O)N(Cc3ccccc3)C2)cc1. The summed E-state index contributed by atoms with van der Waals surface area (Å²) in [5, 5.41) is 5.76. The summed E-state index contributed by atoms with van der Waals surface area (Å²) in [5.74, 6) is 0.0735. The van der Waals surface area contributed by atoms with E-state index >= 15 is 0 Å². The molecule has 3 rings (SSSR count). The molecule has 0 aromatic heterocycles. The molecule has 5 nitrogen and oxygen atoms in total. The Morgan fingerprint density at radius 3 is 2.52 bits per heavy atom. The number of unbranched alkanes of at least 4 members (excludes halogenated alkanes) is 1. The maximum atomic E-state index is 12.2. The number of hydrogen-bond donors (Lipinski definition) is 2. The van der Waals surface area contributed by atoms with Crippen LogP contribution < -0.4 is 10.6 Å². The molecule has 3 amide bonds. The number of amides is 3. The fourth-order valence-electron chi connectivity index (χ4n) is 3.31. The molecular weight excluding hydrogens is 338 g/mol. The normalized spacial score (nSPS) is 16.4. The number of nitrogens with zero attached hydrogens (tertiary/aromatic N) is 1. The van der Waals surface area contributed by atoms with E-state index in [0.29, 0.717) is 19.5 Å². The molecule has 1 unspecified atom stereocenters. The van der Waals surface area contributed by atoms with Gasteiger partial charge < -0.3 is 15.5 Å². The first-order valence-electron chi connectivity index (χ1n) is 9.62. The fourth-order valence-corrected chi connectivity index (χ4v) is 3.31. The lowest BCUT2D eigenvalue weighted by Gasteiger charge is -2.17. The molecule has 2 aromatic rings. The molecule has 142 valence electrons. The third-order valence-electron chi connectivity index (χ3n) is 4.80. The van der Waals surface area contributed by atoms with Gasteiger partial charge in [-0.2, -0.15) is 0 Å². The van der Waals surface area contributed by atoms with Crippen LogP contribution in [-0.2, 0) is 17.8 Å². The number of likely N-dealkylation sites (tertiary alicyclic amines) is 1. The standard InChI is InChI=1S/C22H27N3O2/c1-2-3-7-17-10-12-19(13-11-17)23-22(27)24-20-14-21(26)25(16-20)15-18-8-5-4-6-9-18/h4-6,8-13,20H,2-3,7,14-16H2,1H3,(H2,23,24,27). The summed E-state index contributed by atoms with van der Waals surface area (Å²) in [4.78, 5) is 26.2. The van der Waals surface area contributed by atoms with Crippen molar-refractivity contribution in [1.82, 2.24) is 10.2 Å². The van der Waals surface area contributed by atoms with Gasteiger partial charge >= 0.3 is 6.03 Å².